The molecule has 1 fully saturated rings. The first-order valence-corrected chi connectivity index (χ1v) is 9.84. The Kier molecular flexibility index (Phi) is 6.85. The molecule has 8 heteroatoms. The molecule has 152 valence electrons. The molecule has 1 aliphatic heterocycles. The molecular formula is C21H24ClN4O3+. The van der Waals surface area contributed by atoms with Crippen molar-refractivity contribution in [2.45, 2.75) is 6.92 Å². The van der Waals surface area contributed by atoms with Crippen LogP contribution in [-0.2, 0) is 4.79 Å². The summed E-state index contributed by atoms with van der Waals surface area (Å²) in [7, 11) is 0. The van der Waals surface area contributed by atoms with Gasteiger partial charge in [0, 0.05) is 21.8 Å². The summed E-state index contributed by atoms with van der Waals surface area (Å²) in [4.78, 5) is 38.9. The summed E-state index contributed by atoms with van der Waals surface area (Å²) < 4.78 is 0. The molecule has 3 rings (SSSR count). The van der Waals surface area contributed by atoms with Gasteiger partial charge < -0.3 is 9.80 Å². The van der Waals surface area contributed by atoms with Gasteiger partial charge in [-0.15, -0.1) is 0 Å². The maximum absolute atomic E-state index is 12.1. The molecule has 29 heavy (non-hydrogen) atoms. The maximum atomic E-state index is 12.1. The van der Waals surface area contributed by atoms with Crippen molar-refractivity contribution in [3.63, 3.8) is 0 Å². The third-order valence-corrected chi connectivity index (χ3v) is 5.19. The van der Waals surface area contributed by atoms with Gasteiger partial charge in [0.25, 0.3) is 11.8 Å². The molecule has 0 radical (unpaired) electrons. The van der Waals surface area contributed by atoms with Crippen molar-refractivity contribution in [3.8, 4) is 0 Å². The van der Waals surface area contributed by atoms with Gasteiger partial charge in [-0.05, 0) is 55.5 Å². The van der Waals surface area contributed by atoms with E-state index in [1.807, 2.05) is 24.3 Å². The van der Waals surface area contributed by atoms with Crippen molar-refractivity contribution >= 4 is 34.9 Å². The number of hydrogen-bond acceptors (Lipinski definition) is 4. The highest BCUT2D eigenvalue weighted by Gasteiger charge is 2.22. The van der Waals surface area contributed by atoms with Gasteiger partial charge in [0.15, 0.2) is 12.3 Å². The van der Waals surface area contributed by atoms with Crippen LogP contribution in [0.2, 0.25) is 5.02 Å². The number of ketones is 1. The van der Waals surface area contributed by atoms with Crippen LogP contribution in [0.1, 0.15) is 27.6 Å². The molecule has 7 nitrogen and oxygen atoms in total. The summed E-state index contributed by atoms with van der Waals surface area (Å²) in [5, 5.41) is 0.545. The zero-order chi connectivity index (χ0) is 20.8. The molecule has 1 saturated heterocycles. The van der Waals surface area contributed by atoms with Gasteiger partial charge in [-0.1, -0.05) is 11.6 Å². The highest BCUT2D eigenvalue weighted by atomic mass is 35.5. The van der Waals surface area contributed by atoms with Crippen molar-refractivity contribution in [1.29, 1.82) is 0 Å². The fourth-order valence-corrected chi connectivity index (χ4v) is 3.36. The number of benzene rings is 2. The number of piperazine rings is 1. The number of quaternary nitrogens is 1. The lowest BCUT2D eigenvalue weighted by molar-refractivity contribution is -0.892. The lowest BCUT2D eigenvalue weighted by atomic mass is 10.1. The van der Waals surface area contributed by atoms with Crippen molar-refractivity contribution < 1.29 is 19.3 Å². The van der Waals surface area contributed by atoms with Gasteiger partial charge in [0.1, 0.15) is 0 Å². The Balaban J connectivity index is 1.41. The van der Waals surface area contributed by atoms with Crippen LogP contribution in [0.5, 0.6) is 0 Å². The second-order valence-electron chi connectivity index (χ2n) is 7.03. The smallest absolute Gasteiger partial charge is 0.293 e. The van der Waals surface area contributed by atoms with Crippen LogP contribution in [0.3, 0.4) is 0 Å². The topological polar surface area (TPSA) is 83.0 Å². The van der Waals surface area contributed by atoms with E-state index in [1.54, 1.807) is 31.2 Å². The van der Waals surface area contributed by atoms with Crippen LogP contribution in [-0.4, -0.2) is 50.3 Å². The van der Waals surface area contributed by atoms with Gasteiger partial charge in [0.05, 0.1) is 26.2 Å². The normalized spacial score (nSPS) is 14.3. The van der Waals surface area contributed by atoms with E-state index in [9.17, 15) is 14.4 Å². The number of hydrazine groups is 1. The summed E-state index contributed by atoms with van der Waals surface area (Å²) >= 11 is 5.80. The van der Waals surface area contributed by atoms with E-state index in [4.69, 9.17) is 11.6 Å². The second kappa shape index (κ2) is 9.54. The first kappa shape index (κ1) is 20.8. The van der Waals surface area contributed by atoms with Crippen LogP contribution < -0.4 is 20.7 Å². The molecule has 3 N–H and O–H groups in total. The summed E-state index contributed by atoms with van der Waals surface area (Å²) in [5.41, 5.74) is 7.09. The van der Waals surface area contributed by atoms with E-state index in [0.717, 1.165) is 36.8 Å². The van der Waals surface area contributed by atoms with Crippen LogP contribution >= 0.6 is 11.6 Å². The average Bonchev–Trinajstić information content (AvgIpc) is 2.73. The van der Waals surface area contributed by atoms with E-state index in [0.29, 0.717) is 16.1 Å². The third-order valence-electron chi connectivity index (χ3n) is 4.94. The monoisotopic (exact) mass is 415 g/mol. The summed E-state index contributed by atoms with van der Waals surface area (Å²) in [6, 6.07) is 14.0. The first-order chi connectivity index (χ1) is 13.9. The summed E-state index contributed by atoms with van der Waals surface area (Å²) in [6.45, 7) is 5.11. The SMILES string of the molecule is CC(=O)c1ccc(N2CC[NH+](CC(=O)NNC(=O)c3ccc(Cl)cc3)CC2)cc1. The lowest BCUT2D eigenvalue weighted by Crippen LogP contribution is -3.16. The Labute approximate surface area is 174 Å². The lowest BCUT2D eigenvalue weighted by Gasteiger charge is -2.33. The number of anilines is 1. The first-order valence-electron chi connectivity index (χ1n) is 9.46. The number of rotatable bonds is 5. The van der Waals surface area contributed by atoms with Crippen LogP contribution in [0.15, 0.2) is 48.5 Å². The molecule has 0 aliphatic carbocycles. The predicted molar refractivity (Wildman–Crippen MR) is 111 cm³/mol. The number of carbonyl (C=O) groups is 3. The number of hydrogen-bond donors (Lipinski definition) is 3. The second-order valence-corrected chi connectivity index (χ2v) is 7.46. The average molecular weight is 416 g/mol. The number of nitrogens with one attached hydrogen (secondary N) is 3. The summed E-state index contributed by atoms with van der Waals surface area (Å²) in [6.07, 6.45) is 0. The molecule has 0 unspecified atom stereocenters. The molecule has 2 aromatic carbocycles. The fourth-order valence-electron chi connectivity index (χ4n) is 3.24. The molecule has 0 saturated carbocycles. The molecule has 2 amide bonds. The Morgan fingerprint density at radius 2 is 1.52 bits per heavy atom. The van der Waals surface area contributed by atoms with E-state index >= 15 is 0 Å². The van der Waals surface area contributed by atoms with Gasteiger partial charge in [-0.3, -0.25) is 25.2 Å². The van der Waals surface area contributed by atoms with Crippen LogP contribution in [0, 0.1) is 0 Å². The predicted octanol–water partition coefficient (Wildman–Crippen LogP) is 0.709. The van der Waals surface area contributed by atoms with E-state index in [2.05, 4.69) is 15.8 Å². The number of halogens is 1. The molecular weight excluding hydrogens is 392 g/mol. The minimum Gasteiger partial charge on any atom is -0.360 e. The van der Waals surface area contributed by atoms with Crippen molar-refractivity contribution in [2.24, 2.45) is 0 Å². The quantitative estimate of drug-likeness (QED) is 0.496. The third kappa shape index (κ3) is 5.79. The van der Waals surface area contributed by atoms with Gasteiger partial charge in [-0.25, -0.2) is 0 Å². The van der Waals surface area contributed by atoms with E-state index in [1.165, 1.54) is 0 Å². The zero-order valence-electron chi connectivity index (χ0n) is 16.2. The maximum Gasteiger partial charge on any atom is 0.293 e. The highest BCUT2D eigenvalue weighted by Crippen LogP contribution is 2.15. The Hall–Kier alpha value is -2.90. The molecule has 1 heterocycles. The highest BCUT2D eigenvalue weighted by molar-refractivity contribution is 6.30. The van der Waals surface area contributed by atoms with E-state index < -0.39 is 0 Å². The van der Waals surface area contributed by atoms with Gasteiger partial charge in [0.2, 0.25) is 0 Å². The molecule has 0 atom stereocenters. The van der Waals surface area contributed by atoms with Gasteiger partial charge in [-0.2, -0.15) is 0 Å². The molecule has 0 aromatic heterocycles. The number of nitrogens with zero attached hydrogens (tertiary/aromatic N) is 1. The van der Waals surface area contributed by atoms with Crippen LogP contribution in [0.25, 0.3) is 0 Å². The van der Waals surface area contributed by atoms with Gasteiger partial charge >= 0.3 is 0 Å². The standard InChI is InChI=1S/C21H23ClN4O3/c1-15(27)16-4-8-19(9-5-16)26-12-10-25(11-13-26)14-20(28)23-24-21(29)17-2-6-18(22)7-3-17/h2-9H,10-14H2,1H3,(H,23,28)(H,24,29)/p+1. The zero-order valence-corrected chi connectivity index (χ0v) is 17.0. The Morgan fingerprint density at radius 3 is 2.10 bits per heavy atom. The minimum atomic E-state index is -0.385. The Morgan fingerprint density at radius 1 is 0.931 bits per heavy atom. The number of amides is 2. The fraction of sp³-hybridized carbons (Fsp3) is 0.286. The van der Waals surface area contributed by atoms with Crippen molar-refractivity contribution in [2.75, 3.05) is 37.6 Å². The van der Waals surface area contributed by atoms with Crippen molar-refractivity contribution in [3.05, 3.63) is 64.7 Å². The number of carbonyl (C=O) groups excluding carboxylic acids is 3. The number of Topliss-reactive ketones (excluding diaryl/α,β-unsaturated/α-hetero) is 1. The molecule has 0 spiro atoms. The minimum absolute atomic E-state index is 0.0555. The molecule has 1 aliphatic rings. The molecule has 2 aromatic rings. The summed E-state index contributed by atoms with van der Waals surface area (Å²) in [5.74, 6) is -0.564. The largest absolute Gasteiger partial charge is 0.360 e. The van der Waals surface area contributed by atoms with Crippen LogP contribution in [0.4, 0.5) is 5.69 Å². The van der Waals surface area contributed by atoms with E-state index in [-0.39, 0.29) is 24.1 Å². The Bertz CT molecular complexity index is 876. The van der Waals surface area contributed by atoms with Crippen molar-refractivity contribution in [1.82, 2.24) is 10.9 Å². The molecule has 0 bridgehead atoms.